The molecule has 0 amide bonds. The van der Waals surface area contributed by atoms with Gasteiger partial charge in [-0.1, -0.05) is 18.2 Å². The van der Waals surface area contributed by atoms with Crippen molar-refractivity contribution in [3.05, 3.63) is 30.3 Å². The number of para-hydroxylation sites is 1. The number of nitrogens with zero attached hydrogens (tertiary/aromatic N) is 3. The Hall–Kier alpha value is -1.64. The van der Waals surface area contributed by atoms with Gasteiger partial charge in [-0.15, -0.1) is 0 Å². The van der Waals surface area contributed by atoms with Gasteiger partial charge < -0.3 is 0 Å². The minimum atomic E-state index is 0.878. The Kier molecular flexibility index (Phi) is 2.31. The van der Waals surface area contributed by atoms with E-state index in [1.54, 1.807) is 5.12 Å². The third kappa shape index (κ3) is 1.82. The van der Waals surface area contributed by atoms with Gasteiger partial charge in [-0.05, 0) is 26.0 Å². The summed E-state index contributed by atoms with van der Waals surface area (Å²) < 4.78 is 0. The highest BCUT2D eigenvalue weighted by Gasteiger charge is 2.10. The number of hydrogen-bond acceptors (Lipinski definition) is 3. The Balaban J connectivity index is 2.31. The number of benzene rings is 1. The summed E-state index contributed by atoms with van der Waals surface area (Å²) in [6.45, 7) is 4.04. The highest BCUT2D eigenvalue weighted by molar-refractivity contribution is 6.04. The summed E-state index contributed by atoms with van der Waals surface area (Å²) in [4.78, 5) is 0. The van der Waals surface area contributed by atoms with Crippen molar-refractivity contribution in [1.29, 1.82) is 0 Å². The standard InChI is InChI=1S/C11H13N3/c1-9-8-10(2)13-14(12-9)11-6-4-3-5-7-11/h3-7H,8H2,1-2H3. The highest BCUT2D eigenvalue weighted by Crippen LogP contribution is 2.17. The molecular weight excluding hydrogens is 174 g/mol. The van der Waals surface area contributed by atoms with Crippen LogP contribution in [0.3, 0.4) is 0 Å². The monoisotopic (exact) mass is 187 g/mol. The van der Waals surface area contributed by atoms with Gasteiger partial charge in [0.05, 0.1) is 5.69 Å². The summed E-state index contributed by atoms with van der Waals surface area (Å²) in [5.41, 5.74) is 3.20. The van der Waals surface area contributed by atoms with E-state index in [1.165, 1.54) is 0 Å². The van der Waals surface area contributed by atoms with Crippen molar-refractivity contribution < 1.29 is 0 Å². The Morgan fingerprint density at radius 3 is 2.14 bits per heavy atom. The molecule has 3 nitrogen and oxygen atoms in total. The summed E-state index contributed by atoms with van der Waals surface area (Å²) in [6.07, 6.45) is 0.878. The van der Waals surface area contributed by atoms with Crippen molar-refractivity contribution in [2.75, 3.05) is 5.12 Å². The Bertz CT molecular complexity index is 361. The fraction of sp³-hybridized carbons (Fsp3) is 0.273. The van der Waals surface area contributed by atoms with Gasteiger partial charge in [-0.3, -0.25) is 0 Å². The third-order valence-corrected chi connectivity index (χ3v) is 2.03. The van der Waals surface area contributed by atoms with Gasteiger partial charge in [0.2, 0.25) is 0 Å². The van der Waals surface area contributed by atoms with Crippen LogP contribution in [0.25, 0.3) is 0 Å². The molecule has 1 aromatic carbocycles. The zero-order valence-corrected chi connectivity index (χ0v) is 8.44. The second kappa shape index (κ2) is 3.62. The molecule has 1 heterocycles. The van der Waals surface area contributed by atoms with Crippen molar-refractivity contribution in [1.82, 2.24) is 0 Å². The number of rotatable bonds is 1. The molecule has 14 heavy (non-hydrogen) atoms. The van der Waals surface area contributed by atoms with Crippen molar-refractivity contribution in [2.45, 2.75) is 20.3 Å². The highest BCUT2D eigenvalue weighted by atomic mass is 15.7. The average molecular weight is 187 g/mol. The summed E-state index contributed by atoms with van der Waals surface area (Å²) in [5.74, 6) is 0. The number of anilines is 1. The van der Waals surface area contributed by atoms with Gasteiger partial charge in [0.1, 0.15) is 0 Å². The summed E-state index contributed by atoms with van der Waals surface area (Å²) in [7, 11) is 0. The van der Waals surface area contributed by atoms with Crippen LogP contribution >= 0.6 is 0 Å². The van der Waals surface area contributed by atoms with Crippen LogP contribution in [0.4, 0.5) is 5.69 Å². The largest absolute Gasteiger partial charge is 0.159 e. The van der Waals surface area contributed by atoms with Crippen molar-refractivity contribution in [2.24, 2.45) is 10.2 Å². The predicted octanol–water partition coefficient (Wildman–Crippen LogP) is 2.65. The predicted molar refractivity (Wildman–Crippen MR) is 59.8 cm³/mol. The molecule has 0 radical (unpaired) electrons. The molecule has 72 valence electrons. The molecule has 0 fully saturated rings. The first-order valence-corrected chi connectivity index (χ1v) is 4.69. The van der Waals surface area contributed by atoms with Crippen molar-refractivity contribution in [3.8, 4) is 0 Å². The minimum absolute atomic E-state index is 0.878. The number of hydrogen-bond donors (Lipinski definition) is 0. The van der Waals surface area contributed by atoms with Crippen LogP contribution in [-0.2, 0) is 0 Å². The number of hydrazone groups is 2. The van der Waals surface area contributed by atoms with E-state index >= 15 is 0 Å². The lowest BCUT2D eigenvalue weighted by Crippen LogP contribution is -2.20. The average Bonchev–Trinajstić information content (AvgIpc) is 2.18. The molecule has 0 unspecified atom stereocenters. The van der Waals surface area contributed by atoms with Crippen molar-refractivity contribution in [3.63, 3.8) is 0 Å². The van der Waals surface area contributed by atoms with E-state index in [0.717, 1.165) is 23.5 Å². The molecule has 3 heteroatoms. The molecule has 0 bridgehead atoms. The molecular formula is C11H13N3. The first-order valence-electron chi connectivity index (χ1n) is 4.69. The van der Waals surface area contributed by atoms with Crippen LogP contribution in [0.1, 0.15) is 20.3 Å². The molecule has 1 aliphatic heterocycles. The maximum atomic E-state index is 4.37. The molecule has 0 spiro atoms. The van der Waals surface area contributed by atoms with Gasteiger partial charge >= 0.3 is 0 Å². The molecule has 0 N–H and O–H groups in total. The molecule has 1 aliphatic rings. The van der Waals surface area contributed by atoms with E-state index in [9.17, 15) is 0 Å². The fourth-order valence-corrected chi connectivity index (χ4v) is 1.46. The van der Waals surface area contributed by atoms with Crippen LogP contribution in [0.2, 0.25) is 0 Å². The van der Waals surface area contributed by atoms with Crippen molar-refractivity contribution >= 4 is 17.1 Å². The van der Waals surface area contributed by atoms with Crippen LogP contribution in [0, 0.1) is 0 Å². The first kappa shape index (κ1) is 8.94. The fourth-order valence-electron chi connectivity index (χ4n) is 1.46. The van der Waals surface area contributed by atoms with Crippen LogP contribution in [-0.4, -0.2) is 11.4 Å². The van der Waals surface area contributed by atoms with Gasteiger partial charge in [-0.25, -0.2) is 0 Å². The quantitative estimate of drug-likeness (QED) is 0.664. The third-order valence-electron chi connectivity index (χ3n) is 2.03. The molecule has 2 rings (SSSR count). The van der Waals surface area contributed by atoms with E-state index in [0.29, 0.717) is 0 Å². The second-order valence-corrected chi connectivity index (χ2v) is 3.47. The summed E-state index contributed by atoms with van der Waals surface area (Å²) in [6, 6.07) is 9.96. The Morgan fingerprint density at radius 2 is 1.57 bits per heavy atom. The van der Waals surface area contributed by atoms with E-state index in [1.807, 2.05) is 44.2 Å². The zero-order valence-electron chi connectivity index (χ0n) is 8.44. The van der Waals surface area contributed by atoms with Gasteiger partial charge in [0, 0.05) is 17.8 Å². The lowest BCUT2D eigenvalue weighted by molar-refractivity contribution is 0.898. The normalized spacial score (nSPS) is 16.3. The Morgan fingerprint density at radius 1 is 1.00 bits per heavy atom. The van der Waals surface area contributed by atoms with E-state index in [4.69, 9.17) is 0 Å². The summed E-state index contributed by atoms with van der Waals surface area (Å²) in [5, 5.41) is 10.4. The minimum Gasteiger partial charge on any atom is -0.159 e. The molecule has 0 saturated heterocycles. The maximum Gasteiger partial charge on any atom is 0.0856 e. The molecule has 0 atom stereocenters. The maximum absolute atomic E-state index is 4.37. The van der Waals surface area contributed by atoms with Gasteiger partial charge in [0.25, 0.3) is 0 Å². The van der Waals surface area contributed by atoms with E-state index < -0.39 is 0 Å². The first-order chi connectivity index (χ1) is 6.75. The molecule has 0 saturated carbocycles. The van der Waals surface area contributed by atoms with E-state index in [2.05, 4.69) is 10.2 Å². The van der Waals surface area contributed by atoms with Crippen LogP contribution in [0.5, 0.6) is 0 Å². The Labute approximate surface area is 83.7 Å². The van der Waals surface area contributed by atoms with E-state index in [-0.39, 0.29) is 0 Å². The van der Waals surface area contributed by atoms with Gasteiger partial charge in [-0.2, -0.15) is 15.3 Å². The zero-order chi connectivity index (χ0) is 9.97. The SMILES string of the molecule is CC1=NN(c2ccccc2)N=C(C)C1. The lowest BCUT2D eigenvalue weighted by atomic mass is 10.2. The lowest BCUT2D eigenvalue weighted by Gasteiger charge is -2.19. The molecule has 0 aliphatic carbocycles. The molecule has 0 aromatic heterocycles. The topological polar surface area (TPSA) is 28.0 Å². The second-order valence-electron chi connectivity index (χ2n) is 3.47. The van der Waals surface area contributed by atoms with Crippen LogP contribution < -0.4 is 5.12 Å². The van der Waals surface area contributed by atoms with Gasteiger partial charge in [0.15, 0.2) is 0 Å². The smallest absolute Gasteiger partial charge is 0.0856 e. The molecule has 1 aromatic rings. The van der Waals surface area contributed by atoms with Crippen LogP contribution in [0.15, 0.2) is 40.5 Å². The summed E-state index contributed by atoms with van der Waals surface area (Å²) >= 11 is 0.